The quantitative estimate of drug-likeness (QED) is 0.906. The molecule has 1 aromatic heterocycles. The normalized spacial score (nSPS) is 13.2. The molecule has 1 atom stereocenters. The molecule has 0 saturated carbocycles. The van der Waals surface area contributed by atoms with Crippen LogP contribution in [0.4, 0.5) is 13.2 Å². The number of aromatic nitrogens is 1. The van der Waals surface area contributed by atoms with Gasteiger partial charge in [-0.2, -0.15) is 13.2 Å². The fourth-order valence-corrected chi connectivity index (χ4v) is 1.52. The van der Waals surface area contributed by atoms with Crippen molar-refractivity contribution in [1.29, 1.82) is 0 Å². The average Bonchev–Trinajstić information content (AvgIpc) is 2.27. The summed E-state index contributed by atoms with van der Waals surface area (Å²) in [6.07, 6.45) is -5.44. The number of hydrogen-bond acceptors (Lipinski definition) is 3. The molecule has 0 radical (unpaired) electrons. The highest BCUT2D eigenvalue weighted by molar-refractivity contribution is 5.78. The summed E-state index contributed by atoms with van der Waals surface area (Å²) in [6, 6.07) is 3.43. The molecular formula is C12H15F3N2O2. The molecular weight excluding hydrogens is 261 g/mol. The average molecular weight is 276 g/mol. The van der Waals surface area contributed by atoms with E-state index in [0.29, 0.717) is 0 Å². The standard InChI is InChI=1S/C12H15F3N2O2/c1-8(18)7-17(2)11(19)6-9-4-3-5-10(16-9)12(13,14)15/h3-5,8,18H,6-7H2,1-2H3/t8-/m1/s1. The predicted molar refractivity (Wildman–Crippen MR) is 62.3 cm³/mol. The molecule has 0 spiro atoms. The van der Waals surface area contributed by atoms with Crippen LogP contribution in [0.3, 0.4) is 0 Å². The molecule has 1 amide bonds. The van der Waals surface area contributed by atoms with E-state index in [1.165, 1.54) is 31.0 Å². The molecule has 1 N–H and O–H groups in total. The number of amides is 1. The van der Waals surface area contributed by atoms with Crippen LogP contribution in [0.5, 0.6) is 0 Å². The monoisotopic (exact) mass is 276 g/mol. The molecule has 0 aliphatic carbocycles. The summed E-state index contributed by atoms with van der Waals surface area (Å²) in [6.45, 7) is 1.64. The van der Waals surface area contributed by atoms with E-state index in [9.17, 15) is 18.0 Å². The maximum atomic E-state index is 12.4. The Morgan fingerprint density at radius 3 is 2.63 bits per heavy atom. The fourth-order valence-electron chi connectivity index (χ4n) is 1.52. The molecule has 7 heteroatoms. The van der Waals surface area contributed by atoms with Crippen molar-refractivity contribution in [3.8, 4) is 0 Å². The summed E-state index contributed by atoms with van der Waals surface area (Å²) in [7, 11) is 1.47. The number of halogens is 3. The maximum Gasteiger partial charge on any atom is 0.433 e. The minimum Gasteiger partial charge on any atom is -0.392 e. The number of hydrogen-bond donors (Lipinski definition) is 1. The van der Waals surface area contributed by atoms with Crippen molar-refractivity contribution in [3.63, 3.8) is 0 Å². The number of likely N-dealkylation sites (N-methyl/N-ethyl adjacent to an activating group) is 1. The lowest BCUT2D eigenvalue weighted by Gasteiger charge is -2.18. The first-order valence-corrected chi connectivity index (χ1v) is 5.65. The van der Waals surface area contributed by atoms with E-state index >= 15 is 0 Å². The van der Waals surface area contributed by atoms with Gasteiger partial charge < -0.3 is 10.0 Å². The van der Waals surface area contributed by atoms with Crippen molar-refractivity contribution in [3.05, 3.63) is 29.6 Å². The van der Waals surface area contributed by atoms with E-state index in [1.54, 1.807) is 0 Å². The van der Waals surface area contributed by atoms with Crippen molar-refractivity contribution in [2.45, 2.75) is 25.6 Å². The van der Waals surface area contributed by atoms with Gasteiger partial charge in [0.15, 0.2) is 0 Å². The Hall–Kier alpha value is -1.63. The van der Waals surface area contributed by atoms with Crippen LogP contribution in [0, 0.1) is 0 Å². The van der Waals surface area contributed by atoms with Crippen molar-refractivity contribution in [1.82, 2.24) is 9.88 Å². The molecule has 19 heavy (non-hydrogen) atoms. The van der Waals surface area contributed by atoms with Crippen molar-refractivity contribution < 1.29 is 23.1 Å². The van der Waals surface area contributed by atoms with E-state index in [0.717, 1.165) is 6.07 Å². The smallest absolute Gasteiger partial charge is 0.392 e. The highest BCUT2D eigenvalue weighted by Crippen LogP contribution is 2.27. The molecule has 1 rings (SSSR count). The third-order valence-corrected chi connectivity index (χ3v) is 2.39. The third-order valence-electron chi connectivity index (χ3n) is 2.39. The topological polar surface area (TPSA) is 53.4 Å². The molecule has 106 valence electrons. The van der Waals surface area contributed by atoms with Gasteiger partial charge in [-0.25, -0.2) is 4.98 Å². The number of alkyl halides is 3. The van der Waals surface area contributed by atoms with Gasteiger partial charge >= 0.3 is 6.18 Å². The van der Waals surface area contributed by atoms with Crippen LogP contribution in [-0.4, -0.2) is 40.6 Å². The minimum absolute atomic E-state index is 0.0530. The van der Waals surface area contributed by atoms with Crippen LogP contribution in [-0.2, 0) is 17.4 Å². The highest BCUT2D eigenvalue weighted by atomic mass is 19.4. The van der Waals surface area contributed by atoms with E-state index in [-0.39, 0.29) is 18.7 Å². The predicted octanol–water partition coefficient (Wildman–Crippen LogP) is 1.48. The largest absolute Gasteiger partial charge is 0.433 e. The molecule has 4 nitrogen and oxygen atoms in total. The van der Waals surface area contributed by atoms with E-state index in [4.69, 9.17) is 5.11 Å². The summed E-state index contributed by atoms with van der Waals surface area (Å²) in [5.41, 5.74) is -0.965. The Morgan fingerprint density at radius 2 is 2.11 bits per heavy atom. The molecule has 0 saturated heterocycles. The van der Waals surface area contributed by atoms with Gasteiger partial charge in [0.05, 0.1) is 18.2 Å². The van der Waals surface area contributed by atoms with E-state index in [2.05, 4.69) is 4.98 Å². The summed E-state index contributed by atoms with van der Waals surface area (Å²) >= 11 is 0. The Morgan fingerprint density at radius 1 is 1.47 bits per heavy atom. The van der Waals surface area contributed by atoms with Crippen LogP contribution >= 0.6 is 0 Å². The molecule has 0 aliphatic heterocycles. The number of rotatable bonds is 4. The van der Waals surface area contributed by atoms with Gasteiger partial charge in [0.25, 0.3) is 0 Å². The van der Waals surface area contributed by atoms with Gasteiger partial charge in [-0.05, 0) is 19.1 Å². The lowest BCUT2D eigenvalue weighted by molar-refractivity contribution is -0.141. The Kier molecular flexibility index (Phi) is 4.88. The zero-order valence-electron chi connectivity index (χ0n) is 10.6. The van der Waals surface area contributed by atoms with Gasteiger partial charge in [0.2, 0.25) is 5.91 Å². The molecule has 1 aromatic rings. The second-order valence-corrected chi connectivity index (χ2v) is 4.31. The third kappa shape index (κ3) is 4.86. The van der Waals surface area contributed by atoms with Gasteiger partial charge in [0, 0.05) is 13.6 Å². The Bertz CT molecular complexity index is 447. The molecule has 0 aliphatic rings. The number of aliphatic hydroxyl groups excluding tert-OH is 1. The number of carbonyl (C=O) groups is 1. The second kappa shape index (κ2) is 6.01. The first-order valence-electron chi connectivity index (χ1n) is 5.65. The zero-order valence-corrected chi connectivity index (χ0v) is 10.6. The second-order valence-electron chi connectivity index (χ2n) is 4.31. The number of carbonyl (C=O) groups excluding carboxylic acids is 1. The van der Waals surface area contributed by atoms with E-state index < -0.39 is 23.9 Å². The zero-order chi connectivity index (χ0) is 14.6. The van der Waals surface area contributed by atoms with E-state index in [1.807, 2.05) is 0 Å². The summed E-state index contributed by atoms with van der Waals surface area (Å²) in [5.74, 6) is -0.396. The molecule has 0 bridgehead atoms. The van der Waals surface area contributed by atoms with Crippen molar-refractivity contribution >= 4 is 5.91 Å². The SMILES string of the molecule is C[C@@H](O)CN(C)C(=O)Cc1cccc(C(F)(F)F)n1. The number of aliphatic hydroxyl groups is 1. The van der Waals surface area contributed by atoms with Crippen LogP contribution in [0.1, 0.15) is 18.3 Å². The lowest BCUT2D eigenvalue weighted by atomic mass is 10.2. The maximum absolute atomic E-state index is 12.4. The molecule has 0 aromatic carbocycles. The molecule has 0 fully saturated rings. The minimum atomic E-state index is -4.52. The fraction of sp³-hybridized carbons (Fsp3) is 0.500. The number of pyridine rings is 1. The number of nitrogens with zero attached hydrogens (tertiary/aromatic N) is 2. The van der Waals surface area contributed by atoms with Gasteiger partial charge in [-0.1, -0.05) is 6.07 Å². The van der Waals surface area contributed by atoms with Crippen LogP contribution in [0.2, 0.25) is 0 Å². The summed E-state index contributed by atoms with van der Waals surface area (Å²) < 4.78 is 37.3. The first kappa shape index (κ1) is 15.4. The van der Waals surface area contributed by atoms with Crippen LogP contribution < -0.4 is 0 Å². The van der Waals surface area contributed by atoms with Crippen molar-refractivity contribution in [2.75, 3.05) is 13.6 Å². The van der Waals surface area contributed by atoms with Gasteiger partial charge in [-0.15, -0.1) is 0 Å². The van der Waals surface area contributed by atoms with Crippen LogP contribution in [0.15, 0.2) is 18.2 Å². The highest BCUT2D eigenvalue weighted by Gasteiger charge is 2.32. The van der Waals surface area contributed by atoms with Crippen LogP contribution in [0.25, 0.3) is 0 Å². The lowest BCUT2D eigenvalue weighted by Crippen LogP contribution is -2.34. The van der Waals surface area contributed by atoms with Crippen molar-refractivity contribution in [2.24, 2.45) is 0 Å². The molecule has 1 heterocycles. The Labute approximate surface area is 108 Å². The first-order chi connectivity index (χ1) is 8.70. The summed E-state index contributed by atoms with van der Waals surface area (Å²) in [4.78, 5) is 16.4. The van der Waals surface area contributed by atoms with Gasteiger partial charge in [-0.3, -0.25) is 4.79 Å². The summed E-state index contributed by atoms with van der Waals surface area (Å²) in [5, 5.41) is 9.13. The Balaban J connectivity index is 2.75. The van der Waals surface area contributed by atoms with Gasteiger partial charge in [0.1, 0.15) is 5.69 Å². The molecule has 0 unspecified atom stereocenters.